The highest BCUT2D eigenvalue weighted by Gasteiger charge is 2.27. The molecule has 0 saturated heterocycles. The van der Waals surface area contributed by atoms with Crippen LogP contribution in [0.5, 0.6) is 0 Å². The molecule has 8 nitrogen and oxygen atoms in total. The molecule has 0 amide bonds. The van der Waals surface area contributed by atoms with E-state index in [4.69, 9.17) is 11.6 Å². The topological polar surface area (TPSA) is 97.2 Å². The lowest BCUT2D eigenvalue weighted by atomic mass is 9.90. The van der Waals surface area contributed by atoms with E-state index >= 15 is 4.39 Å². The Morgan fingerprint density at radius 2 is 1.84 bits per heavy atom. The first kappa shape index (κ1) is 20.1. The van der Waals surface area contributed by atoms with Crippen LogP contribution in [0, 0.1) is 12.7 Å². The van der Waals surface area contributed by atoms with Crippen molar-refractivity contribution in [3.05, 3.63) is 77.6 Å². The van der Waals surface area contributed by atoms with Crippen LogP contribution in [0.4, 0.5) is 10.2 Å². The fourth-order valence-corrected chi connectivity index (χ4v) is 4.09. The number of fused-ring (bicyclic) bond motifs is 1. The molecule has 3 heterocycles. The Hall–Kier alpha value is -3.85. The van der Waals surface area contributed by atoms with Gasteiger partial charge in [-0.25, -0.2) is 19.3 Å². The van der Waals surface area contributed by atoms with E-state index in [0.29, 0.717) is 39.4 Å². The van der Waals surface area contributed by atoms with Crippen LogP contribution in [-0.4, -0.2) is 34.7 Å². The fourth-order valence-electron chi connectivity index (χ4n) is 3.90. The quantitative estimate of drug-likeness (QED) is 0.398. The van der Waals surface area contributed by atoms with E-state index < -0.39 is 11.9 Å². The molecule has 0 fully saturated rings. The molecule has 0 radical (unpaired) electrons. The maximum Gasteiger partial charge on any atom is 0.162 e. The molecule has 5 aromatic rings. The summed E-state index contributed by atoms with van der Waals surface area (Å²) in [5.41, 5.74) is 4.39. The molecule has 5 rings (SSSR count). The third-order valence-electron chi connectivity index (χ3n) is 5.36. The Kier molecular flexibility index (Phi) is 5.02. The zero-order valence-electron chi connectivity index (χ0n) is 17.2. The van der Waals surface area contributed by atoms with Gasteiger partial charge in [0.1, 0.15) is 30.3 Å². The van der Waals surface area contributed by atoms with E-state index in [0.717, 1.165) is 5.56 Å². The van der Waals surface area contributed by atoms with Crippen LogP contribution in [0.2, 0.25) is 5.02 Å². The first-order chi connectivity index (χ1) is 15.6. The van der Waals surface area contributed by atoms with Gasteiger partial charge in [-0.2, -0.15) is 0 Å². The summed E-state index contributed by atoms with van der Waals surface area (Å²) in [6, 6.07) is 9.09. The summed E-state index contributed by atoms with van der Waals surface area (Å²) in [5, 5.41) is 11.2. The molecule has 3 aromatic heterocycles. The van der Waals surface area contributed by atoms with Gasteiger partial charge in [0.25, 0.3) is 0 Å². The van der Waals surface area contributed by atoms with Crippen molar-refractivity contribution in [1.29, 1.82) is 0 Å². The molecule has 0 aliphatic rings. The molecular formula is C22H18ClFN8. The molecular weight excluding hydrogens is 431 g/mol. The summed E-state index contributed by atoms with van der Waals surface area (Å²) in [6.45, 7) is 3.64. The Morgan fingerprint density at radius 3 is 2.59 bits per heavy atom. The van der Waals surface area contributed by atoms with E-state index in [1.807, 2.05) is 37.3 Å². The summed E-state index contributed by atoms with van der Waals surface area (Å²) in [6.07, 6.45) is 6.11. The minimum Gasteiger partial charge on any atom is -0.361 e. The van der Waals surface area contributed by atoms with Crippen LogP contribution in [0.1, 0.15) is 24.1 Å². The van der Waals surface area contributed by atoms with Gasteiger partial charge in [-0.15, -0.1) is 10.2 Å². The van der Waals surface area contributed by atoms with Gasteiger partial charge in [-0.05, 0) is 25.0 Å². The van der Waals surface area contributed by atoms with Crippen LogP contribution < -0.4 is 5.32 Å². The molecule has 1 atom stereocenters. The normalized spacial score (nSPS) is 12.2. The number of aromatic nitrogens is 7. The van der Waals surface area contributed by atoms with Crippen molar-refractivity contribution in [1.82, 2.24) is 34.7 Å². The van der Waals surface area contributed by atoms with Gasteiger partial charge >= 0.3 is 0 Å². The third kappa shape index (κ3) is 3.27. The van der Waals surface area contributed by atoms with E-state index in [2.05, 4.69) is 35.5 Å². The minimum atomic E-state index is -0.506. The second kappa shape index (κ2) is 8.01. The second-order valence-corrected chi connectivity index (χ2v) is 7.69. The largest absolute Gasteiger partial charge is 0.361 e. The summed E-state index contributed by atoms with van der Waals surface area (Å²) in [5.74, 6) is -0.00289. The molecule has 10 heteroatoms. The molecule has 0 bridgehead atoms. The first-order valence-electron chi connectivity index (χ1n) is 9.88. The SMILES string of the molecule is Cc1c(Cl)c(F)c(C(C)Nc2ncnc3[nH]cnc23)c(-c2ccccc2)c1-n1cnnc1. The van der Waals surface area contributed by atoms with Crippen molar-refractivity contribution in [2.45, 2.75) is 19.9 Å². The number of nitrogens with zero attached hydrogens (tertiary/aromatic N) is 6. The predicted molar refractivity (Wildman–Crippen MR) is 120 cm³/mol. The van der Waals surface area contributed by atoms with Crippen molar-refractivity contribution < 1.29 is 4.39 Å². The predicted octanol–water partition coefficient (Wildman–Crippen LogP) is 4.87. The lowest BCUT2D eigenvalue weighted by Crippen LogP contribution is -2.15. The minimum absolute atomic E-state index is 0.0460. The molecule has 0 saturated carbocycles. The molecule has 32 heavy (non-hydrogen) atoms. The fraction of sp³-hybridized carbons (Fsp3) is 0.136. The molecule has 160 valence electrons. The summed E-state index contributed by atoms with van der Waals surface area (Å²) in [7, 11) is 0. The average molecular weight is 449 g/mol. The summed E-state index contributed by atoms with van der Waals surface area (Å²) < 4.78 is 17.5. The van der Waals surface area contributed by atoms with Gasteiger partial charge in [0.15, 0.2) is 11.5 Å². The summed E-state index contributed by atoms with van der Waals surface area (Å²) in [4.78, 5) is 15.7. The zero-order valence-corrected chi connectivity index (χ0v) is 18.0. The van der Waals surface area contributed by atoms with Crippen molar-refractivity contribution in [3.63, 3.8) is 0 Å². The van der Waals surface area contributed by atoms with Crippen LogP contribution in [0.3, 0.4) is 0 Å². The molecule has 2 aromatic carbocycles. The van der Waals surface area contributed by atoms with Crippen LogP contribution in [-0.2, 0) is 0 Å². The van der Waals surface area contributed by atoms with Crippen LogP contribution in [0.25, 0.3) is 28.0 Å². The average Bonchev–Trinajstić information content (AvgIpc) is 3.50. The number of nitrogens with one attached hydrogen (secondary N) is 2. The van der Waals surface area contributed by atoms with Gasteiger partial charge in [0.05, 0.1) is 23.1 Å². The Balaban J connectivity index is 1.75. The van der Waals surface area contributed by atoms with Crippen molar-refractivity contribution in [3.8, 4) is 16.8 Å². The number of H-pyrrole nitrogens is 1. The number of benzene rings is 2. The van der Waals surface area contributed by atoms with E-state index in [-0.39, 0.29) is 5.02 Å². The lowest BCUT2D eigenvalue weighted by Gasteiger charge is -2.25. The zero-order chi connectivity index (χ0) is 22.2. The molecule has 1 unspecified atom stereocenters. The van der Waals surface area contributed by atoms with Gasteiger partial charge in [0.2, 0.25) is 0 Å². The Labute approximate surface area is 187 Å². The van der Waals surface area contributed by atoms with Gasteiger partial charge in [-0.3, -0.25) is 4.57 Å². The number of anilines is 1. The first-order valence-corrected chi connectivity index (χ1v) is 10.3. The second-order valence-electron chi connectivity index (χ2n) is 7.31. The monoisotopic (exact) mass is 448 g/mol. The number of hydrogen-bond acceptors (Lipinski definition) is 6. The molecule has 0 spiro atoms. The van der Waals surface area contributed by atoms with Crippen molar-refractivity contribution in [2.75, 3.05) is 5.32 Å². The lowest BCUT2D eigenvalue weighted by molar-refractivity contribution is 0.599. The van der Waals surface area contributed by atoms with Gasteiger partial charge < -0.3 is 10.3 Å². The number of halogens is 2. The highest BCUT2D eigenvalue weighted by atomic mass is 35.5. The van der Waals surface area contributed by atoms with Gasteiger partial charge in [0, 0.05) is 11.1 Å². The van der Waals surface area contributed by atoms with E-state index in [9.17, 15) is 0 Å². The molecule has 2 N–H and O–H groups in total. The van der Waals surface area contributed by atoms with E-state index in [1.54, 1.807) is 24.1 Å². The maximum absolute atomic E-state index is 15.8. The van der Waals surface area contributed by atoms with Crippen molar-refractivity contribution in [2.24, 2.45) is 0 Å². The van der Waals surface area contributed by atoms with Gasteiger partial charge in [-0.1, -0.05) is 41.9 Å². The summed E-state index contributed by atoms with van der Waals surface area (Å²) >= 11 is 6.49. The Bertz CT molecular complexity index is 1400. The van der Waals surface area contributed by atoms with E-state index in [1.165, 1.54) is 12.7 Å². The number of aromatic amines is 1. The van der Waals surface area contributed by atoms with Crippen LogP contribution in [0.15, 0.2) is 55.6 Å². The molecule has 0 aliphatic carbocycles. The van der Waals surface area contributed by atoms with Crippen molar-refractivity contribution >= 4 is 28.6 Å². The third-order valence-corrected chi connectivity index (χ3v) is 5.81. The highest BCUT2D eigenvalue weighted by Crippen LogP contribution is 2.42. The number of hydrogen-bond donors (Lipinski definition) is 2. The highest BCUT2D eigenvalue weighted by molar-refractivity contribution is 6.32. The van der Waals surface area contributed by atoms with Crippen LogP contribution >= 0.6 is 11.6 Å². The number of imidazole rings is 1. The molecule has 0 aliphatic heterocycles. The Morgan fingerprint density at radius 1 is 1.09 bits per heavy atom. The maximum atomic E-state index is 15.8. The standard InChI is InChI=1S/C22H18ClFN8/c1-12-17(23)18(24)15(13(2)31-22-19-21(26-8-25-19)27-9-28-22)16(14-6-4-3-5-7-14)20(12)32-10-29-30-11-32/h3-11,13H,1-2H3,(H2,25,26,27,28,31). The smallest absolute Gasteiger partial charge is 0.162 e. The number of rotatable bonds is 5.